The van der Waals surface area contributed by atoms with Crippen molar-refractivity contribution in [1.82, 2.24) is 4.90 Å². The van der Waals surface area contributed by atoms with E-state index >= 15 is 0 Å². The molecule has 8 heteroatoms. The van der Waals surface area contributed by atoms with Gasteiger partial charge in [0.05, 0.1) is 44.9 Å². The number of carbonyl (C=O) groups excluding carboxylic acids is 1. The van der Waals surface area contributed by atoms with Crippen molar-refractivity contribution in [2.45, 2.75) is 13.0 Å². The van der Waals surface area contributed by atoms with Crippen LogP contribution < -0.4 is 19.6 Å². The second-order valence-corrected chi connectivity index (χ2v) is 7.53. The first-order valence-electron chi connectivity index (χ1n) is 10.1. The van der Waals surface area contributed by atoms with E-state index in [1.807, 2.05) is 13.0 Å². The molecule has 4 rings (SSSR count). The molecule has 0 aliphatic carbocycles. The second kappa shape index (κ2) is 8.55. The van der Waals surface area contributed by atoms with E-state index in [-0.39, 0.29) is 23.6 Å². The highest BCUT2D eigenvalue weighted by Gasteiger charge is 2.43. The summed E-state index contributed by atoms with van der Waals surface area (Å²) in [6, 6.07) is 8.13. The van der Waals surface area contributed by atoms with E-state index < -0.39 is 6.04 Å². The molecule has 1 aliphatic heterocycles. The molecule has 0 radical (unpaired) electrons. The smallest absolute Gasteiger partial charge is 0.290 e. The van der Waals surface area contributed by atoms with E-state index in [2.05, 4.69) is 0 Å². The maximum absolute atomic E-state index is 13.6. The van der Waals surface area contributed by atoms with Crippen LogP contribution in [0, 0.1) is 6.92 Å². The van der Waals surface area contributed by atoms with Crippen LogP contribution in [0.25, 0.3) is 11.0 Å². The monoisotopic (exact) mass is 439 g/mol. The Morgan fingerprint density at radius 1 is 0.969 bits per heavy atom. The summed E-state index contributed by atoms with van der Waals surface area (Å²) in [5, 5.41) is 0.433. The fraction of sp³-hybridized carbons (Fsp3) is 0.333. The summed E-state index contributed by atoms with van der Waals surface area (Å²) in [7, 11) is 6.11. The van der Waals surface area contributed by atoms with E-state index in [1.165, 1.54) is 21.3 Å². The van der Waals surface area contributed by atoms with Crippen molar-refractivity contribution in [3.63, 3.8) is 0 Å². The molecular weight excluding hydrogens is 414 g/mol. The Kier molecular flexibility index (Phi) is 5.80. The molecule has 0 saturated heterocycles. The SMILES string of the molecule is COCCN1C(=O)c2oc3ccc(C)cc3c(=O)c2C1c1cc(OC)c(OC)c(OC)c1. The average molecular weight is 439 g/mol. The van der Waals surface area contributed by atoms with Gasteiger partial charge in [-0.1, -0.05) is 11.6 Å². The predicted octanol–water partition coefficient (Wildman–Crippen LogP) is 3.32. The highest BCUT2D eigenvalue weighted by atomic mass is 16.5. The number of carbonyl (C=O) groups is 1. The molecular formula is C24H25NO7. The standard InChI is InChI=1S/C24H25NO7/c1-13-6-7-16-15(10-13)21(26)19-20(25(8-9-28-2)24(27)23(19)32-16)14-11-17(29-3)22(31-5)18(12-14)30-4/h6-7,10-12,20H,8-9H2,1-5H3. The molecule has 0 fully saturated rings. The summed E-state index contributed by atoms with van der Waals surface area (Å²) in [5.74, 6) is 0.954. The number of methoxy groups -OCH3 is 4. The van der Waals surface area contributed by atoms with Crippen molar-refractivity contribution in [2.75, 3.05) is 41.6 Å². The highest BCUT2D eigenvalue weighted by molar-refractivity contribution is 5.99. The van der Waals surface area contributed by atoms with Gasteiger partial charge in [-0.2, -0.15) is 0 Å². The van der Waals surface area contributed by atoms with Gasteiger partial charge in [0.2, 0.25) is 11.5 Å². The molecule has 3 aromatic rings. The largest absolute Gasteiger partial charge is 0.493 e. The van der Waals surface area contributed by atoms with Crippen molar-refractivity contribution in [3.05, 3.63) is 63.0 Å². The first kappa shape index (κ1) is 21.7. The number of hydrogen-bond acceptors (Lipinski definition) is 7. The Morgan fingerprint density at radius 3 is 2.25 bits per heavy atom. The maximum Gasteiger partial charge on any atom is 0.290 e. The van der Waals surface area contributed by atoms with Gasteiger partial charge >= 0.3 is 0 Å². The molecule has 0 N–H and O–H groups in total. The minimum absolute atomic E-state index is 0.0428. The summed E-state index contributed by atoms with van der Waals surface area (Å²) in [6.07, 6.45) is 0. The van der Waals surface area contributed by atoms with Crippen LogP contribution in [0.5, 0.6) is 17.2 Å². The topological polar surface area (TPSA) is 87.4 Å². The summed E-state index contributed by atoms with van der Waals surface area (Å²) >= 11 is 0. The van der Waals surface area contributed by atoms with Crippen molar-refractivity contribution >= 4 is 16.9 Å². The fourth-order valence-corrected chi connectivity index (χ4v) is 4.16. The third-order valence-electron chi connectivity index (χ3n) is 5.66. The molecule has 1 unspecified atom stereocenters. The first-order valence-corrected chi connectivity index (χ1v) is 10.1. The van der Waals surface area contributed by atoms with Gasteiger partial charge in [-0.3, -0.25) is 9.59 Å². The molecule has 1 amide bonds. The Bertz CT molecular complexity index is 1220. The number of hydrogen-bond donors (Lipinski definition) is 0. The van der Waals surface area contributed by atoms with Gasteiger partial charge in [0.15, 0.2) is 16.9 Å². The number of nitrogens with zero attached hydrogens (tertiary/aromatic N) is 1. The van der Waals surface area contributed by atoms with E-state index in [1.54, 1.807) is 36.3 Å². The van der Waals surface area contributed by atoms with E-state index in [0.29, 0.717) is 46.0 Å². The van der Waals surface area contributed by atoms with Gasteiger partial charge in [0.1, 0.15) is 5.58 Å². The molecule has 8 nitrogen and oxygen atoms in total. The molecule has 1 aliphatic rings. The third-order valence-corrected chi connectivity index (χ3v) is 5.66. The minimum Gasteiger partial charge on any atom is -0.493 e. The zero-order valence-corrected chi connectivity index (χ0v) is 18.7. The number of ether oxygens (including phenoxy) is 4. The Hall–Kier alpha value is -3.52. The number of aryl methyl sites for hydroxylation is 1. The quantitative estimate of drug-likeness (QED) is 0.558. The molecule has 1 atom stereocenters. The van der Waals surface area contributed by atoms with Crippen molar-refractivity contribution in [3.8, 4) is 17.2 Å². The van der Waals surface area contributed by atoms with Crippen LogP contribution in [0.1, 0.15) is 33.3 Å². The van der Waals surface area contributed by atoms with Crippen LogP contribution in [0.2, 0.25) is 0 Å². The molecule has 32 heavy (non-hydrogen) atoms. The van der Waals surface area contributed by atoms with E-state index in [4.69, 9.17) is 23.4 Å². The lowest BCUT2D eigenvalue weighted by molar-refractivity contribution is 0.0662. The van der Waals surface area contributed by atoms with Crippen LogP contribution in [-0.4, -0.2) is 52.4 Å². The fourth-order valence-electron chi connectivity index (χ4n) is 4.16. The highest BCUT2D eigenvalue weighted by Crippen LogP contribution is 2.44. The lowest BCUT2D eigenvalue weighted by atomic mass is 9.97. The summed E-state index contributed by atoms with van der Waals surface area (Å²) in [4.78, 5) is 28.5. The Morgan fingerprint density at radius 2 is 1.66 bits per heavy atom. The van der Waals surface area contributed by atoms with Gasteiger partial charge < -0.3 is 28.3 Å². The number of rotatable bonds is 7. The van der Waals surface area contributed by atoms with Gasteiger partial charge in [-0.15, -0.1) is 0 Å². The predicted molar refractivity (Wildman–Crippen MR) is 118 cm³/mol. The lowest BCUT2D eigenvalue weighted by Gasteiger charge is -2.26. The molecule has 1 aromatic heterocycles. The normalized spacial score (nSPS) is 15.2. The van der Waals surface area contributed by atoms with Crippen LogP contribution in [-0.2, 0) is 4.74 Å². The molecule has 2 aromatic carbocycles. The summed E-state index contributed by atoms with van der Waals surface area (Å²) in [5.41, 5.74) is 2.00. The minimum atomic E-state index is -0.692. The van der Waals surface area contributed by atoms with Crippen LogP contribution >= 0.6 is 0 Å². The van der Waals surface area contributed by atoms with E-state index in [0.717, 1.165) is 5.56 Å². The number of benzene rings is 2. The average Bonchev–Trinajstić information content (AvgIpc) is 3.08. The molecule has 0 spiro atoms. The molecule has 2 heterocycles. The summed E-state index contributed by atoms with van der Waals surface area (Å²) < 4.78 is 27.6. The Labute approximate surface area is 185 Å². The van der Waals surface area contributed by atoms with Gasteiger partial charge in [-0.05, 0) is 36.8 Å². The molecule has 168 valence electrons. The van der Waals surface area contributed by atoms with Crippen molar-refractivity contribution in [1.29, 1.82) is 0 Å². The van der Waals surface area contributed by atoms with Crippen molar-refractivity contribution < 1.29 is 28.2 Å². The second-order valence-electron chi connectivity index (χ2n) is 7.53. The van der Waals surface area contributed by atoms with Gasteiger partial charge in [0, 0.05) is 13.7 Å². The summed E-state index contributed by atoms with van der Waals surface area (Å²) in [6.45, 7) is 2.47. The zero-order chi connectivity index (χ0) is 23.0. The first-order chi connectivity index (χ1) is 15.4. The van der Waals surface area contributed by atoms with Crippen molar-refractivity contribution in [2.24, 2.45) is 0 Å². The van der Waals surface area contributed by atoms with Crippen LogP contribution in [0.4, 0.5) is 0 Å². The van der Waals surface area contributed by atoms with E-state index in [9.17, 15) is 9.59 Å². The van der Waals surface area contributed by atoms with Crippen LogP contribution in [0.15, 0.2) is 39.5 Å². The van der Waals surface area contributed by atoms with Gasteiger partial charge in [-0.25, -0.2) is 0 Å². The number of amides is 1. The molecule has 0 bridgehead atoms. The lowest BCUT2D eigenvalue weighted by Crippen LogP contribution is -2.32. The Balaban J connectivity index is 2.00. The van der Waals surface area contributed by atoms with Gasteiger partial charge in [0.25, 0.3) is 5.91 Å². The maximum atomic E-state index is 13.6. The third kappa shape index (κ3) is 3.36. The number of fused-ring (bicyclic) bond motifs is 2. The van der Waals surface area contributed by atoms with Crippen LogP contribution in [0.3, 0.4) is 0 Å². The zero-order valence-electron chi connectivity index (χ0n) is 18.7. The molecule has 0 saturated carbocycles.